The highest BCUT2D eigenvalue weighted by atomic mass is 35.5. The first kappa shape index (κ1) is 14.9. The summed E-state index contributed by atoms with van der Waals surface area (Å²) < 4.78 is 1.55. The standard InChI is InChI=1S/C15H23ClN4O/c1-19(2)15(6-3-7-15)10-17-13-12(16)8-18-20(14(13)21)9-11-4-5-11/h8,11,17H,3-7,9-10H2,1-2H3. The lowest BCUT2D eigenvalue weighted by Gasteiger charge is -2.47. The molecule has 2 saturated carbocycles. The summed E-state index contributed by atoms with van der Waals surface area (Å²) in [5.41, 5.74) is 0.559. The third-order valence-corrected chi connectivity index (χ3v) is 5.24. The van der Waals surface area contributed by atoms with Gasteiger partial charge in [-0.15, -0.1) is 0 Å². The Bertz CT molecular complexity index is 576. The van der Waals surface area contributed by atoms with Crippen LogP contribution in [0.1, 0.15) is 32.1 Å². The van der Waals surface area contributed by atoms with E-state index in [0.29, 0.717) is 23.2 Å². The molecule has 0 amide bonds. The highest BCUT2D eigenvalue weighted by molar-refractivity contribution is 6.33. The summed E-state index contributed by atoms with van der Waals surface area (Å²) >= 11 is 6.17. The van der Waals surface area contributed by atoms with Crippen LogP contribution in [0.15, 0.2) is 11.0 Å². The zero-order chi connectivity index (χ0) is 15.0. The van der Waals surface area contributed by atoms with Gasteiger partial charge in [0, 0.05) is 18.6 Å². The highest BCUT2D eigenvalue weighted by Crippen LogP contribution is 2.36. The second kappa shape index (κ2) is 5.61. The molecule has 5 nitrogen and oxygen atoms in total. The van der Waals surface area contributed by atoms with Crippen LogP contribution in [0.2, 0.25) is 5.02 Å². The minimum absolute atomic E-state index is 0.0948. The molecule has 0 spiro atoms. The first-order valence-electron chi connectivity index (χ1n) is 7.69. The topological polar surface area (TPSA) is 50.2 Å². The Hall–Kier alpha value is -1.07. The van der Waals surface area contributed by atoms with E-state index in [1.54, 1.807) is 10.9 Å². The van der Waals surface area contributed by atoms with Gasteiger partial charge in [-0.1, -0.05) is 11.6 Å². The Morgan fingerprint density at radius 3 is 2.71 bits per heavy atom. The molecule has 2 aliphatic rings. The Balaban J connectivity index is 1.76. The van der Waals surface area contributed by atoms with Crippen LogP contribution in [0.25, 0.3) is 0 Å². The van der Waals surface area contributed by atoms with Crippen LogP contribution in [0.3, 0.4) is 0 Å². The summed E-state index contributed by atoms with van der Waals surface area (Å²) in [7, 11) is 4.20. The van der Waals surface area contributed by atoms with E-state index < -0.39 is 0 Å². The number of likely N-dealkylation sites (N-methyl/N-ethyl adjacent to an activating group) is 1. The number of anilines is 1. The number of nitrogens with one attached hydrogen (secondary N) is 1. The fraction of sp³-hybridized carbons (Fsp3) is 0.733. The van der Waals surface area contributed by atoms with Gasteiger partial charge in [-0.25, -0.2) is 4.68 Å². The van der Waals surface area contributed by atoms with Gasteiger partial charge in [0.05, 0.1) is 11.2 Å². The number of nitrogens with zero attached hydrogens (tertiary/aromatic N) is 3. The van der Waals surface area contributed by atoms with Crippen molar-refractivity contribution in [1.82, 2.24) is 14.7 Å². The van der Waals surface area contributed by atoms with Gasteiger partial charge in [0.15, 0.2) is 0 Å². The summed E-state index contributed by atoms with van der Waals surface area (Å²) in [4.78, 5) is 14.7. The molecule has 21 heavy (non-hydrogen) atoms. The van der Waals surface area contributed by atoms with E-state index in [1.165, 1.54) is 19.3 Å². The smallest absolute Gasteiger partial charge is 0.291 e. The van der Waals surface area contributed by atoms with Gasteiger partial charge in [-0.2, -0.15) is 5.10 Å². The quantitative estimate of drug-likeness (QED) is 0.875. The number of hydrogen-bond acceptors (Lipinski definition) is 4. The van der Waals surface area contributed by atoms with E-state index in [2.05, 4.69) is 29.4 Å². The largest absolute Gasteiger partial charge is 0.377 e. The molecule has 0 bridgehead atoms. The maximum absolute atomic E-state index is 12.5. The lowest BCUT2D eigenvalue weighted by atomic mass is 9.75. The van der Waals surface area contributed by atoms with Crippen molar-refractivity contribution in [3.8, 4) is 0 Å². The van der Waals surface area contributed by atoms with Crippen LogP contribution in [0.4, 0.5) is 5.69 Å². The molecule has 1 heterocycles. The molecule has 1 aromatic heterocycles. The van der Waals surface area contributed by atoms with Crippen LogP contribution >= 0.6 is 11.6 Å². The van der Waals surface area contributed by atoms with Crippen molar-refractivity contribution >= 4 is 17.3 Å². The van der Waals surface area contributed by atoms with Gasteiger partial charge >= 0.3 is 0 Å². The van der Waals surface area contributed by atoms with Gasteiger partial charge in [-0.05, 0) is 52.1 Å². The minimum atomic E-state index is -0.0948. The first-order chi connectivity index (χ1) is 10.0. The molecule has 0 saturated heterocycles. The molecule has 3 rings (SSSR count). The molecule has 116 valence electrons. The van der Waals surface area contributed by atoms with E-state index in [1.807, 2.05) is 0 Å². The van der Waals surface area contributed by atoms with Crippen LogP contribution in [-0.2, 0) is 6.54 Å². The van der Waals surface area contributed by atoms with Gasteiger partial charge < -0.3 is 10.2 Å². The molecule has 0 atom stereocenters. The molecule has 0 aromatic carbocycles. The zero-order valence-corrected chi connectivity index (χ0v) is 13.5. The average molecular weight is 311 g/mol. The molecule has 0 aliphatic heterocycles. The lowest BCUT2D eigenvalue weighted by molar-refractivity contribution is 0.0739. The number of rotatable bonds is 6. The third kappa shape index (κ3) is 2.94. The maximum atomic E-state index is 12.5. The second-order valence-electron chi connectivity index (χ2n) is 6.62. The molecule has 0 radical (unpaired) electrons. The molecule has 1 aromatic rings. The fourth-order valence-corrected chi connectivity index (χ4v) is 3.11. The van der Waals surface area contributed by atoms with Crippen molar-refractivity contribution < 1.29 is 0 Å². The Morgan fingerprint density at radius 1 is 1.48 bits per heavy atom. The van der Waals surface area contributed by atoms with Crippen molar-refractivity contribution in [1.29, 1.82) is 0 Å². The van der Waals surface area contributed by atoms with E-state index in [0.717, 1.165) is 19.4 Å². The maximum Gasteiger partial charge on any atom is 0.291 e. The lowest BCUT2D eigenvalue weighted by Crippen LogP contribution is -2.55. The van der Waals surface area contributed by atoms with E-state index in [9.17, 15) is 4.79 Å². The predicted molar refractivity (Wildman–Crippen MR) is 85.0 cm³/mol. The second-order valence-corrected chi connectivity index (χ2v) is 7.03. The molecule has 2 aliphatic carbocycles. The molecule has 0 unspecified atom stereocenters. The normalized spacial score (nSPS) is 20.4. The van der Waals surface area contributed by atoms with Crippen LogP contribution in [0.5, 0.6) is 0 Å². The highest BCUT2D eigenvalue weighted by Gasteiger charge is 2.39. The van der Waals surface area contributed by atoms with Crippen molar-refractivity contribution in [2.45, 2.75) is 44.2 Å². The van der Waals surface area contributed by atoms with Crippen molar-refractivity contribution in [3.05, 3.63) is 21.6 Å². The van der Waals surface area contributed by atoms with E-state index in [-0.39, 0.29) is 11.1 Å². The Labute approximate surface area is 130 Å². The Kier molecular flexibility index (Phi) is 3.97. The van der Waals surface area contributed by atoms with Crippen LogP contribution in [0, 0.1) is 5.92 Å². The summed E-state index contributed by atoms with van der Waals surface area (Å²) in [6.45, 7) is 1.46. The first-order valence-corrected chi connectivity index (χ1v) is 8.06. The van der Waals surface area contributed by atoms with Crippen molar-refractivity contribution in [3.63, 3.8) is 0 Å². The molecule has 6 heteroatoms. The molecular formula is C15H23ClN4O. The van der Waals surface area contributed by atoms with Gasteiger partial charge in [0.25, 0.3) is 5.56 Å². The van der Waals surface area contributed by atoms with E-state index >= 15 is 0 Å². The predicted octanol–water partition coefficient (Wildman–Crippen LogP) is 2.20. The molecule has 2 fully saturated rings. The summed E-state index contributed by atoms with van der Waals surface area (Å²) in [6.07, 6.45) is 7.54. The molecule has 1 N–H and O–H groups in total. The van der Waals surface area contributed by atoms with Gasteiger partial charge in [-0.3, -0.25) is 4.79 Å². The summed E-state index contributed by atoms with van der Waals surface area (Å²) in [6, 6.07) is 0. The molecular weight excluding hydrogens is 288 g/mol. The fourth-order valence-electron chi connectivity index (χ4n) is 2.92. The Morgan fingerprint density at radius 2 is 2.19 bits per heavy atom. The SMILES string of the molecule is CN(C)C1(CNc2c(Cl)cnn(CC3CC3)c2=O)CCC1. The zero-order valence-electron chi connectivity index (χ0n) is 12.7. The summed E-state index contributed by atoms with van der Waals surface area (Å²) in [5.74, 6) is 0.615. The van der Waals surface area contributed by atoms with Gasteiger partial charge in [0.1, 0.15) is 5.69 Å². The van der Waals surface area contributed by atoms with Gasteiger partial charge in [0.2, 0.25) is 0 Å². The summed E-state index contributed by atoms with van der Waals surface area (Å²) in [5, 5.41) is 7.86. The number of hydrogen-bond donors (Lipinski definition) is 1. The van der Waals surface area contributed by atoms with Crippen LogP contribution in [-0.4, -0.2) is 40.9 Å². The monoisotopic (exact) mass is 310 g/mol. The third-order valence-electron chi connectivity index (χ3n) is 4.95. The van der Waals surface area contributed by atoms with E-state index in [4.69, 9.17) is 11.6 Å². The average Bonchev–Trinajstić information content (AvgIpc) is 3.18. The van der Waals surface area contributed by atoms with Crippen molar-refractivity contribution in [2.75, 3.05) is 26.0 Å². The number of aromatic nitrogens is 2. The minimum Gasteiger partial charge on any atom is -0.377 e. The number of halogens is 1. The van der Waals surface area contributed by atoms with Crippen LogP contribution < -0.4 is 10.9 Å². The van der Waals surface area contributed by atoms with Crippen molar-refractivity contribution in [2.24, 2.45) is 5.92 Å².